The molecule has 0 aliphatic rings. The summed E-state index contributed by atoms with van der Waals surface area (Å²) in [6.45, 7) is 3.75. The summed E-state index contributed by atoms with van der Waals surface area (Å²) < 4.78 is 9.73. The van der Waals surface area contributed by atoms with Crippen molar-refractivity contribution in [1.29, 1.82) is 0 Å². The van der Waals surface area contributed by atoms with Crippen LogP contribution in [-0.2, 0) is 19.1 Å². The molecule has 0 fully saturated rings. The second-order valence-electron chi connectivity index (χ2n) is 4.86. The van der Waals surface area contributed by atoms with E-state index in [-0.39, 0.29) is 26.1 Å². The Kier molecular flexibility index (Phi) is 8.18. The van der Waals surface area contributed by atoms with Gasteiger partial charge in [0, 0.05) is 17.5 Å². The van der Waals surface area contributed by atoms with E-state index in [1.165, 1.54) is 24.3 Å². The topological polar surface area (TPSA) is 98.8 Å². The number of benzene rings is 1. The molecule has 7 heteroatoms. The van der Waals surface area contributed by atoms with Gasteiger partial charge >= 0.3 is 11.9 Å². The second-order valence-corrected chi connectivity index (χ2v) is 4.86. The summed E-state index contributed by atoms with van der Waals surface area (Å²) in [5.41, 5.74) is 0.738. The average molecular weight is 335 g/mol. The maximum Gasteiger partial charge on any atom is 0.328 e. The van der Waals surface area contributed by atoms with Crippen molar-refractivity contribution < 1.29 is 28.7 Å². The standard InChI is InChI=1S/C17H21NO6/c1-3-23-15(20)10-9-14(17(22)24-4-2)18-16(21)13-7-5-12(11-19)6-8-13/h5-8,11,14H,3-4,9-10H2,1-2H3,(H,18,21)/t14-/m1/s1. The first-order valence-corrected chi connectivity index (χ1v) is 7.70. The Labute approximate surface area is 140 Å². The molecule has 24 heavy (non-hydrogen) atoms. The van der Waals surface area contributed by atoms with E-state index in [2.05, 4.69) is 5.32 Å². The van der Waals surface area contributed by atoms with Crippen molar-refractivity contribution in [2.75, 3.05) is 13.2 Å². The molecule has 0 heterocycles. The minimum atomic E-state index is -0.951. The molecule has 0 aliphatic carbocycles. The largest absolute Gasteiger partial charge is 0.466 e. The van der Waals surface area contributed by atoms with E-state index in [9.17, 15) is 19.2 Å². The van der Waals surface area contributed by atoms with Crippen LogP contribution in [0, 0.1) is 0 Å². The predicted molar refractivity (Wildman–Crippen MR) is 85.6 cm³/mol. The van der Waals surface area contributed by atoms with Gasteiger partial charge in [-0.15, -0.1) is 0 Å². The second kappa shape index (κ2) is 10.1. The number of aldehydes is 1. The quantitative estimate of drug-likeness (QED) is 0.542. The summed E-state index contributed by atoms with van der Waals surface area (Å²) in [5.74, 6) is -1.55. The van der Waals surface area contributed by atoms with Crippen LogP contribution in [-0.4, -0.2) is 43.4 Å². The third kappa shape index (κ3) is 6.20. The van der Waals surface area contributed by atoms with Crippen LogP contribution in [0.5, 0.6) is 0 Å². The van der Waals surface area contributed by atoms with Crippen LogP contribution in [0.3, 0.4) is 0 Å². The summed E-state index contributed by atoms with van der Waals surface area (Å²) in [4.78, 5) is 46.2. The van der Waals surface area contributed by atoms with Gasteiger partial charge < -0.3 is 14.8 Å². The Morgan fingerprint density at radius 2 is 1.71 bits per heavy atom. The Bertz CT molecular complexity index is 581. The van der Waals surface area contributed by atoms with Gasteiger partial charge in [0.15, 0.2) is 0 Å². The van der Waals surface area contributed by atoms with Crippen LogP contribution >= 0.6 is 0 Å². The smallest absolute Gasteiger partial charge is 0.328 e. The van der Waals surface area contributed by atoms with Crippen LogP contribution in [0.25, 0.3) is 0 Å². The minimum absolute atomic E-state index is 0.0122. The molecule has 1 N–H and O–H groups in total. The summed E-state index contributed by atoms with van der Waals surface area (Å²) >= 11 is 0. The van der Waals surface area contributed by atoms with Crippen molar-refractivity contribution in [3.8, 4) is 0 Å². The molecule has 1 aromatic carbocycles. The van der Waals surface area contributed by atoms with Gasteiger partial charge in [0.1, 0.15) is 12.3 Å². The number of esters is 2. The fourth-order valence-electron chi connectivity index (χ4n) is 1.94. The van der Waals surface area contributed by atoms with E-state index >= 15 is 0 Å². The van der Waals surface area contributed by atoms with E-state index in [0.717, 1.165) is 0 Å². The number of hydrogen-bond acceptors (Lipinski definition) is 6. The SMILES string of the molecule is CCOC(=O)CC[C@@H](NC(=O)c1ccc(C=O)cc1)C(=O)OCC. The molecule has 0 unspecified atom stereocenters. The van der Waals surface area contributed by atoms with E-state index < -0.39 is 23.9 Å². The van der Waals surface area contributed by atoms with Gasteiger partial charge in [-0.2, -0.15) is 0 Å². The van der Waals surface area contributed by atoms with Gasteiger partial charge in [-0.1, -0.05) is 12.1 Å². The lowest BCUT2D eigenvalue weighted by Gasteiger charge is -2.17. The van der Waals surface area contributed by atoms with Crippen LogP contribution in [0.1, 0.15) is 47.4 Å². The number of hydrogen-bond donors (Lipinski definition) is 1. The molecule has 1 atom stereocenters. The highest BCUT2D eigenvalue weighted by Gasteiger charge is 2.23. The zero-order valence-electron chi connectivity index (χ0n) is 13.7. The maximum absolute atomic E-state index is 12.2. The molecule has 0 saturated carbocycles. The normalized spacial score (nSPS) is 11.2. The molecule has 0 aliphatic heterocycles. The molecule has 0 saturated heterocycles. The third-order valence-electron chi connectivity index (χ3n) is 3.13. The Morgan fingerprint density at radius 3 is 2.25 bits per heavy atom. The number of rotatable bonds is 9. The van der Waals surface area contributed by atoms with Crippen molar-refractivity contribution in [3.05, 3.63) is 35.4 Å². The fraction of sp³-hybridized carbons (Fsp3) is 0.412. The lowest BCUT2D eigenvalue weighted by molar-refractivity contribution is -0.146. The van der Waals surface area contributed by atoms with Gasteiger partial charge in [0.25, 0.3) is 5.91 Å². The monoisotopic (exact) mass is 335 g/mol. The molecule has 0 radical (unpaired) electrons. The number of amides is 1. The molecule has 7 nitrogen and oxygen atoms in total. The highest BCUT2D eigenvalue weighted by molar-refractivity contribution is 5.97. The zero-order chi connectivity index (χ0) is 17.9. The predicted octanol–water partition coefficient (Wildman–Crippen LogP) is 1.50. The minimum Gasteiger partial charge on any atom is -0.466 e. The Balaban J connectivity index is 2.74. The van der Waals surface area contributed by atoms with Crippen LogP contribution in [0.4, 0.5) is 0 Å². The summed E-state index contributed by atoms with van der Waals surface area (Å²) in [6, 6.07) is 5.01. The first kappa shape index (κ1) is 19.3. The molecule has 130 valence electrons. The van der Waals surface area contributed by atoms with Crippen LogP contribution in [0.15, 0.2) is 24.3 Å². The average Bonchev–Trinajstić information content (AvgIpc) is 2.58. The third-order valence-corrected chi connectivity index (χ3v) is 3.13. The molecular formula is C17H21NO6. The Morgan fingerprint density at radius 1 is 1.08 bits per heavy atom. The number of nitrogens with one attached hydrogen (secondary N) is 1. The van der Waals surface area contributed by atoms with Crippen molar-refractivity contribution in [1.82, 2.24) is 5.32 Å². The van der Waals surface area contributed by atoms with E-state index in [1.54, 1.807) is 13.8 Å². The van der Waals surface area contributed by atoms with Gasteiger partial charge in [-0.25, -0.2) is 4.79 Å². The van der Waals surface area contributed by atoms with Crippen molar-refractivity contribution in [2.45, 2.75) is 32.7 Å². The van der Waals surface area contributed by atoms with Crippen LogP contribution < -0.4 is 5.32 Å². The molecular weight excluding hydrogens is 314 g/mol. The highest BCUT2D eigenvalue weighted by Crippen LogP contribution is 2.07. The number of carbonyl (C=O) groups excluding carboxylic acids is 4. The molecule has 1 amide bonds. The summed E-state index contributed by atoms with van der Waals surface area (Å²) in [7, 11) is 0. The zero-order valence-corrected chi connectivity index (χ0v) is 13.7. The maximum atomic E-state index is 12.2. The van der Waals surface area contributed by atoms with Gasteiger partial charge in [0.2, 0.25) is 0 Å². The molecule has 1 aromatic rings. The van der Waals surface area contributed by atoms with E-state index in [0.29, 0.717) is 17.4 Å². The fourth-order valence-corrected chi connectivity index (χ4v) is 1.94. The highest BCUT2D eigenvalue weighted by atomic mass is 16.5. The summed E-state index contributed by atoms with van der Waals surface area (Å²) in [5, 5.41) is 2.54. The number of carbonyl (C=O) groups is 4. The summed E-state index contributed by atoms with van der Waals surface area (Å²) in [6.07, 6.45) is 0.736. The van der Waals surface area contributed by atoms with E-state index in [4.69, 9.17) is 9.47 Å². The lowest BCUT2D eigenvalue weighted by Crippen LogP contribution is -2.42. The van der Waals surface area contributed by atoms with Crippen LogP contribution in [0.2, 0.25) is 0 Å². The van der Waals surface area contributed by atoms with Crippen molar-refractivity contribution >= 4 is 24.1 Å². The van der Waals surface area contributed by atoms with Gasteiger partial charge in [0.05, 0.1) is 13.2 Å². The molecule has 0 bridgehead atoms. The molecule has 1 rings (SSSR count). The first-order valence-electron chi connectivity index (χ1n) is 7.70. The van der Waals surface area contributed by atoms with Gasteiger partial charge in [-0.05, 0) is 32.4 Å². The number of ether oxygens (including phenoxy) is 2. The van der Waals surface area contributed by atoms with E-state index in [1.807, 2.05) is 0 Å². The van der Waals surface area contributed by atoms with Gasteiger partial charge in [-0.3, -0.25) is 14.4 Å². The molecule has 0 spiro atoms. The Hall–Kier alpha value is -2.70. The lowest BCUT2D eigenvalue weighted by atomic mass is 10.1. The first-order chi connectivity index (χ1) is 11.5. The van der Waals surface area contributed by atoms with Crippen molar-refractivity contribution in [3.63, 3.8) is 0 Å². The molecule has 0 aromatic heterocycles. The van der Waals surface area contributed by atoms with Crippen molar-refractivity contribution in [2.24, 2.45) is 0 Å².